The van der Waals surface area contributed by atoms with Gasteiger partial charge in [0.25, 0.3) is 0 Å². The third-order valence-electron chi connectivity index (χ3n) is 12.0. The molecule has 0 aromatic carbocycles. The summed E-state index contributed by atoms with van der Waals surface area (Å²) in [6, 6.07) is 0. The third-order valence-corrected chi connectivity index (χ3v) is 12.0. The quantitative estimate of drug-likeness (QED) is 0.0262. The maximum atomic E-state index is 12.9. The molecule has 0 rings (SSSR count). The van der Waals surface area contributed by atoms with E-state index < -0.39 is 6.10 Å². The number of carbonyl (C=O) groups excluding carboxylic acids is 3. The first kappa shape index (κ1) is 66.1. The normalized spacial score (nSPS) is 12.9. The second-order valence-electron chi connectivity index (χ2n) is 18.8. The Kier molecular flexibility index (Phi) is 54.4. The molecule has 1 atom stereocenters. The first-order valence-electron chi connectivity index (χ1n) is 28.9. The van der Waals surface area contributed by atoms with Crippen LogP contribution in [0, 0.1) is 0 Å². The minimum absolute atomic E-state index is 0.0953. The molecule has 0 saturated heterocycles. The summed E-state index contributed by atoms with van der Waals surface area (Å²) in [6.45, 7) is 6.44. The summed E-state index contributed by atoms with van der Waals surface area (Å²) in [5, 5.41) is 0. The predicted octanol–water partition coefficient (Wildman–Crippen LogP) is 19.5. The lowest BCUT2D eigenvalue weighted by Gasteiger charge is -2.18. The molecule has 0 amide bonds. The second kappa shape index (κ2) is 57.6. The molecule has 1 unspecified atom stereocenters. The van der Waals surface area contributed by atoms with Gasteiger partial charge in [-0.15, -0.1) is 0 Å². The standard InChI is InChI=1S/C64H106O6/c1-4-7-10-13-16-19-22-25-27-29-30-31-32-33-34-36-37-39-42-45-48-51-54-57-63(66)69-60-61(59-68-62(65)56-53-50-47-44-41-24-21-18-15-12-9-6-3)70-64(67)58-55-52-49-46-43-40-38-35-28-26-23-20-17-14-11-8-5-2/h7,10,16-21,25-28,30-31,33-34,37,39,61H,4-6,8-9,11-15,22-24,29,32,35-36,38,40-60H2,1-3H3/b10-7-,19-16-,20-17-,21-18-,27-25-,28-26-,31-30-,34-33-,39-37-. The van der Waals surface area contributed by atoms with Gasteiger partial charge in [0.05, 0.1) is 0 Å². The molecule has 0 aliphatic rings. The van der Waals surface area contributed by atoms with Gasteiger partial charge in [0.15, 0.2) is 6.10 Å². The molecule has 6 heteroatoms. The number of carbonyl (C=O) groups is 3. The van der Waals surface area contributed by atoms with Gasteiger partial charge in [-0.1, -0.05) is 220 Å². The van der Waals surface area contributed by atoms with Crippen molar-refractivity contribution < 1.29 is 28.6 Å². The van der Waals surface area contributed by atoms with Crippen LogP contribution in [0.3, 0.4) is 0 Å². The van der Waals surface area contributed by atoms with Gasteiger partial charge in [-0.3, -0.25) is 14.4 Å². The lowest BCUT2D eigenvalue weighted by atomic mass is 10.1. The first-order chi connectivity index (χ1) is 34.5. The topological polar surface area (TPSA) is 78.9 Å². The van der Waals surface area contributed by atoms with Crippen molar-refractivity contribution in [2.45, 2.75) is 264 Å². The Hall–Kier alpha value is -3.93. The molecule has 0 bridgehead atoms. The van der Waals surface area contributed by atoms with Crippen molar-refractivity contribution in [3.05, 3.63) is 109 Å². The minimum atomic E-state index is -0.798. The number of rotatable bonds is 51. The number of allylic oxidation sites excluding steroid dienone is 18. The number of unbranched alkanes of at least 4 members (excludes halogenated alkanes) is 22. The molecule has 0 spiro atoms. The molecular formula is C64H106O6. The van der Waals surface area contributed by atoms with Gasteiger partial charge in [-0.25, -0.2) is 0 Å². The van der Waals surface area contributed by atoms with Gasteiger partial charge < -0.3 is 14.2 Å². The molecule has 0 heterocycles. The van der Waals surface area contributed by atoms with Crippen LogP contribution < -0.4 is 0 Å². The Balaban J connectivity index is 4.43. The summed E-state index contributed by atoms with van der Waals surface area (Å²) in [5.74, 6) is -0.937. The molecule has 6 nitrogen and oxygen atoms in total. The zero-order chi connectivity index (χ0) is 50.7. The second-order valence-corrected chi connectivity index (χ2v) is 18.8. The highest BCUT2D eigenvalue weighted by Crippen LogP contribution is 2.14. The fourth-order valence-electron chi connectivity index (χ4n) is 7.65. The molecule has 0 aliphatic carbocycles. The van der Waals surface area contributed by atoms with Crippen LogP contribution in [0.4, 0.5) is 0 Å². The van der Waals surface area contributed by atoms with Crippen molar-refractivity contribution in [3.8, 4) is 0 Å². The summed E-state index contributed by atoms with van der Waals surface area (Å²) in [5.41, 5.74) is 0. The Bertz CT molecular complexity index is 1440. The average molecular weight is 972 g/mol. The highest BCUT2D eigenvalue weighted by atomic mass is 16.6. The Morgan fingerprint density at radius 2 is 0.557 bits per heavy atom. The van der Waals surface area contributed by atoms with E-state index in [4.69, 9.17) is 14.2 Å². The van der Waals surface area contributed by atoms with Crippen LogP contribution >= 0.6 is 0 Å². The van der Waals surface area contributed by atoms with Crippen molar-refractivity contribution in [1.29, 1.82) is 0 Å². The molecule has 0 fully saturated rings. The number of ether oxygens (including phenoxy) is 3. The van der Waals surface area contributed by atoms with E-state index in [9.17, 15) is 14.4 Å². The predicted molar refractivity (Wildman–Crippen MR) is 302 cm³/mol. The van der Waals surface area contributed by atoms with Crippen LogP contribution in [0.2, 0.25) is 0 Å². The van der Waals surface area contributed by atoms with Crippen LogP contribution in [0.25, 0.3) is 0 Å². The summed E-state index contributed by atoms with van der Waals surface area (Å²) in [4.78, 5) is 38.1. The van der Waals surface area contributed by atoms with Crippen LogP contribution in [-0.4, -0.2) is 37.2 Å². The van der Waals surface area contributed by atoms with Crippen molar-refractivity contribution >= 4 is 17.9 Å². The molecule has 0 radical (unpaired) electrons. The zero-order valence-corrected chi connectivity index (χ0v) is 45.5. The van der Waals surface area contributed by atoms with Crippen molar-refractivity contribution in [2.24, 2.45) is 0 Å². The SMILES string of the molecule is CC/C=C\C/C=C\C/C=C\C/C=C\C/C=C\C/C=C\CCCCCCC(=O)OCC(COC(=O)CCCCCCC/C=C\CCCCC)OC(=O)CCCCCCCCC/C=C\C/C=C\CCCCC. The van der Waals surface area contributed by atoms with E-state index in [2.05, 4.69) is 130 Å². The summed E-state index contributed by atoms with van der Waals surface area (Å²) >= 11 is 0. The van der Waals surface area contributed by atoms with Gasteiger partial charge >= 0.3 is 17.9 Å². The van der Waals surface area contributed by atoms with Crippen molar-refractivity contribution in [1.82, 2.24) is 0 Å². The van der Waals surface area contributed by atoms with Crippen LogP contribution in [0.15, 0.2) is 109 Å². The van der Waals surface area contributed by atoms with E-state index in [-0.39, 0.29) is 31.1 Å². The highest BCUT2D eigenvalue weighted by Gasteiger charge is 2.19. The molecule has 0 N–H and O–H groups in total. The molecule has 398 valence electrons. The van der Waals surface area contributed by atoms with Crippen LogP contribution in [0.5, 0.6) is 0 Å². The smallest absolute Gasteiger partial charge is 0.306 e. The largest absolute Gasteiger partial charge is 0.462 e. The lowest BCUT2D eigenvalue weighted by Crippen LogP contribution is -2.30. The molecular weight excluding hydrogens is 865 g/mol. The Morgan fingerprint density at radius 1 is 0.300 bits per heavy atom. The molecule has 0 aromatic rings. The lowest BCUT2D eigenvalue weighted by molar-refractivity contribution is -0.167. The molecule has 0 saturated carbocycles. The van der Waals surface area contributed by atoms with Gasteiger partial charge in [0.1, 0.15) is 13.2 Å². The molecule has 0 aromatic heterocycles. The maximum Gasteiger partial charge on any atom is 0.306 e. The molecule has 0 aliphatic heterocycles. The average Bonchev–Trinajstić information content (AvgIpc) is 3.36. The van der Waals surface area contributed by atoms with Gasteiger partial charge in [-0.05, 0) is 128 Å². The van der Waals surface area contributed by atoms with Crippen molar-refractivity contribution in [2.75, 3.05) is 13.2 Å². The van der Waals surface area contributed by atoms with E-state index in [0.717, 1.165) is 135 Å². The van der Waals surface area contributed by atoms with E-state index >= 15 is 0 Å². The number of hydrogen-bond donors (Lipinski definition) is 0. The first-order valence-corrected chi connectivity index (χ1v) is 28.9. The third kappa shape index (κ3) is 55.0. The van der Waals surface area contributed by atoms with Crippen LogP contribution in [0.1, 0.15) is 258 Å². The van der Waals surface area contributed by atoms with E-state index in [0.29, 0.717) is 19.3 Å². The zero-order valence-electron chi connectivity index (χ0n) is 45.5. The van der Waals surface area contributed by atoms with Crippen LogP contribution in [-0.2, 0) is 28.6 Å². The van der Waals surface area contributed by atoms with E-state index in [1.165, 1.54) is 83.5 Å². The minimum Gasteiger partial charge on any atom is -0.462 e. The maximum absolute atomic E-state index is 12.9. The van der Waals surface area contributed by atoms with E-state index in [1.807, 2.05) is 0 Å². The fraction of sp³-hybridized carbons (Fsp3) is 0.672. The van der Waals surface area contributed by atoms with E-state index in [1.54, 1.807) is 0 Å². The monoisotopic (exact) mass is 971 g/mol. The van der Waals surface area contributed by atoms with Gasteiger partial charge in [0, 0.05) is 19.3 Å². The Labute approximate surface area is 431 Å². The molecule has 70 heavy (non-hydrogen) atoms. The highest BCUT2D eigenvalue weighted by molar-refractivity contribution is 5.71. The van der Waals surface area contributed by atoms with Gasteiger partial charge in [-0.2, -0.15) is 0 Å². The summed E-state index contributed by atoms with van der Waals surface area (Å²) < 4.78 is 16.8. The number of hydrogen-bond acceptors (Lipinski definition) is 6. The summed E-state index contributed by atoms with van der Waals surface area (Å²) in [7, 11) is 0. The summed E-state index contributed by atoms with van der Waals surface area (Å²) in [6.07, 6.45) is 77.9. The fourth-order valence-corrected chi connectivity index (χ4v) is 7.65. The van der Waals surface area contributed by atoms with Crippen molar-refractivity contribution in [3.63, 3.8) is 0 Å². The number of esters is 3. The Morgan fingerprint density at radius 3 is 0.886 bits per heavy atom. The van der Waals surface area contributed by atoms with Gasteiger partial charge in [0.2, 0.25) is 0 Å².